The van der Waals surface area contributed by atoms with E-state index in [1.807, 2.05) is 45.3 Å². The lowest BCUT2D eigenvalue weighted by molar-refractivity contribution is 0.124. The number of nitrogens with one attached hydrogen (secondary N) is 2. The van der Waals surface area contributed by atoms with Gasteiger partial charge in [0, 0.05) is 42.3 Å². The van der Waals surface area contributed by atoms with Crippen molar-refractivity contribution in [1.82, 2.24) is 39.6 Å². The molecule has 1 aromatic carbocycles. The molecule has 0 radical (unpaired) electrons. The van der Waals surface area contributed by atoms with Gasteiger partial charge in [-0.2, -0.15) is 15.2 Å². The molecule has 0 fully saturated rings. The van der Waals surface area contributed by atoms with Crippen LogP contribution in [0.2, 0.25) is 0 Å². The zero-order valence-electron chi connectivity index (χ0n) is 16.8. The Kier molecular flexibility index (Phi) is 4.21. The standard InChI is InChI=1S/C20H21N9O/c1-11(2)18(30)17-14-5-4-13(8-15(14)25-26-17)23-20-24-19-16(12-9-22-28(3)10-12)21-6-7-29(19)27-20/h4-11,18,30H,1-3H3,(H,23,27)(H,25,26). The number of rotatable bonds is 5. The van der Waals surface area contributed by atoms with E-state index in [1.54, 1.807) is 27.8 Å². The van der Waals surface area contributed by atoms with Gasteiger partial charge in [0.2, 0.25) is 5.95 Å². The third-order valence-electron chi connectivity index (χ3n) is 5.00. The van der Waals surface area contributed by atoms with Crippen molar-refractivity contribution < 1.29 is 5.11 Å². The first-order chi connectivity index (χ1) is 14.5. The highest BCUT2D eigenvalue weighted by Gasteiger charge is 2.18. The maximum absolute atomic E-state index is 10.4. The Morgan fingerprint density at radius 3 is 2.87 bits per heavy atom. The predicted octanol–water partition coefficient (Wildman–Crippen LogP) is 2.83. The molecule has 1 atom stereocenters. The van der Waals surface area contributed by atoms with Gasteiger partial charge < -0.3 is 10.4 Å². The molecule has 0 aliphatic heterocycles. The fourth-order valence-electron chi connectivity index (χ4n) is 3.42. The van der Waals surface area contributed by atoms with Gasteiger partial charge in [0.05, 0.1) is 23.5 Å². The van der Waals surface area contributed by atoms with Gasteiger partial charge in [-0.1, -0.05) is 13.8 Å². The molecule has 4 aromatic heterocycles. The Hall–Kier alpha value is -3.79. The van der Waals surface area contributed by atoms with Crippen LogP contribution in [0.1, 0.15) is 25.6 Å². The summed E-state index contributed by atoms with van der Waals surface area (Å²) in [5.74, 6) is 0.543. The van der Waals surface area contributed by atoms with Gasteiger partial charge in [-0.15, -0.1) is 5.10 Å². The van der Waals surface area contributed by atoms with Crippen molar-refractivity contribution in [3.05, 3.63) is 48.7 Å². The summed E-state index contributed by atoms with van der Waals surface area (Å²) >= 11 is 0. The molecular weight excluding hydrogens is 382 g/mol. The normalized spacial score (nSPS) is 12.8. The number of hydrogen-bond donors (Lipinski definition) is 3. The van der Waals surface area contributed by atoms with E-state index in [4.69, 9.17) is 0 Å². The second-order valence-electron chi connectivity index (χ2n) is 7.57. The van der Waals surface area contributed by atoms with Crippen molar-refractivity contribution in [3.63, 3.8) is 0 Å². The molecule has 0 aliphatic carbocycles. The summed E-state index contributed by atoms with van der Waals surface area (Å²) < 4.78 is 3.40. The lowest BCUT2D eigenvalue weighted by atomic mass is 10.0. The van der Waals surface area contributed by atoms with Gasteiger partial charge in [-0.25, -0.2) is 4.52 Å². The molecule has 10 nitrogen and oxygen atoms in total. The minimum atomic E-state index is -0.590. The zero-order chi connectivity index (χ0) is 20.8. The highest BCUT2D eigenvalue weighted by molar-refractivity contribution is 5.85. The third kappa shape index (κ3) is 3.07. The maximum atomic E-state index is 10.4. The summed E-state index contributed by atoms with van der Waals surface area (Å²) in [7, 11) is 1.86. The number of aryl methyl sites for hydroxylation is 1. The molecule has 3 N–H and O–H groups in total. The van der Waals surface area contributed by atoms with Crippen molar-refractivity contribution in [3.8, 4) is 11.3 Å². The molecule has 152 valence electrons. The van der Waals surface area contributed by atoms with E-state index >= 15 is 0 Å². The Morgan fingerprint density at radius 2 is 2.10 bits per heavy atom. The average Bonchev–Trinajstić information content (AvgIpc) is 3.44. The minimum absolute atomic E-state index is 0.0937. The van der Waals surface area contributed by atoms with Gasteiger partial charge >= 0.3 is 0 Å². The van der Waals surface area contributed by atoms with E-state index in [9.17, 15) is 5.11 Å². The molecule has 0 bridgehead atoms. The van der Waals surface area contributed by atoms with Crippen LogP contribution in [0.5, 0.6) is 0 Å². The highest BCUT2D eigenvalue weighted by atomic mass is 16.3. The first-order valence-corrected chi connectivity index (χ1v) is 9.63. The average molecular weight is 403 g/mol. The topological polar surface area (TPSA) is 122 Å². The Balaban J connectivity index is 1.48. The van der Waals surface area contributed by atoms with E-state index in [0.717, 1.165) is 27.8 Å². The first kappa shape index (κ1) is 18.3. The lowest BCUT2D eigenvalue weighted by Crippen LogP contribution is -2.06. The molecule has 0 amide bonds. The fraction of sp³-hybridized carbons (Fsp3) is 0.250. The van der Waals surface area contributed by atoms with E-state index < -0.39 is 6.10 Å². The third-order valence-corrected chi connectivity index (χ3v) is 5.00. The van der Waals surface area contributed by atoms with Crippen LogP contribution in [0, 0.1) is 5.92 Å². The predicted molar refractivity (Wildman–Crippen MR) is 112 cm³/mol. The first-order valence-electron chi connectivity index (χ1n) is 9.63. The van der Waals surface area contributed by atoms with E-state index in [0.29, 0.717) is 17.3 Å². The number of aliphatic hydroxyl groups is 1. The molecule has 5 aromatic rings. The highest BCUT2D eigenvalue weighted by Crippen LogP contribution is 2.29. The number of aromatic nitrogens is 8. The summed E-state index contributed by atoms with van der Waals surface area (Å²) in [4.78, 5) is 9.05. The Bertz CT molecular complexity index is 1350. The second-order valence-corrected chi connectivity index (χ2v) is 7.57. The molecule has 30 heavy (non-hydrogen) atoms. The van der Waals surface area contributed by atoms with Crippen molar-refractivity contribution in [1.29, 1.82) is 0 Å². The molecule has 4 heterocycles. The lowest BCUT2D eigenvalue weighted by Gasteiger charge is -2.12. The molecule has 5 rings (SSSR count). The number of nitrogens with zero attached hydrogens (tertiary/aromatic N) is 7. The Labute approximate surface area is 171 Å². The molecular formula is C20H21N9O. The molecule has 1 unspecified atom stereocenters. The van der Waals surface area contributed by atoms with Gasteiger partial charge in [0.25, 0.3) is 0 Å². The summed E-state index contributed by atoms with van der Waals surface area (Å²) in [6, 6.07) is 5.75. The number of anilines is 2. The van der Waals surface area contributed by atoms with Crippen molar-refractivity contribution >= 4 is 28.2 Å². The van der Waals surface area contributed by atoms with Gasteiger partial charge in [0.1, 0.15) is 5.69 Å². The number of fused-ring (bicyclic) bond motifs is 2. The maximum Gasteiger partial charge on any atom is 0.247 e. The van der Waals surface area contributed by atoms with Crippen LogP contribution in [0.4, 0.5) is 11.6 Å². The van der Waals surface area contributed by atoms with Crippen LogP contribution in [-0.4, -0.2) is 44.7 Å². The monoisotopic (exact) mass is 403 g/mol. The largest absolute Gasteiger partial charge is 0.387 e. The van der Waals surface area contributed by atoms with Crippen LogP contribution in [0.25, 0.3) is 27.8 Å². The SMILES string of the molecule is CC(C)C(O)c1[nH]nc2cc(Nc3nc4c(-c5cnn(C)c5)nccn4n3)ccc12. The quantitative estimate of drug-likeness (QED) is 0.412. The van der Waals surface area contributed by atoms with Crippen LogP contribution in [0.3, 0.4) is 0 Å². The number of aliphatic hydroxyl groups excluding tert-OH is 1. The Morgan fingerprint density at radius 1 is 1.23 bits per heavy atom. The van der Waals surface area contributed by atoms with Crippen LogP contribution < -0.4 is 5.32 Å². The van der Waals surface area contributed by atoms with E-state index in [2.05, 4.69) is 35.7 Å². The zero-order valence-corrected chi connectivity index (χ0v) is 16.8. The summed E-state index contributed by atoms with van der Waals surface area (Å²) in [5.41, 5.74) is 4.50. The minimum Gasteiger partial charge on any atom is -0.387 e. The molecule has 0 saturated carbocycles. The fourth-order valence-corrected chi connectivity index (χ4v) is 3.42. The van der Waals surface area contributed by atoms with Gasteiger partial charge in [-0.3, -0.25) is 14.8 Å². The molecule has 10 heteroatoms. The summed E-state index contributed by atoms with van der Waals surface area (Å²) in [6.07, 6.45) is 6.49. The van der Waals surface area contributed by atoms with Gasteiger partial charge in [-0.05, 0) is 24.1 Å². The number of hydrogen-bond acceptors (Lipinski definition) is 7. The number of aromatic amines is 1. The van der Waals surface area contributed by atoms with Crippen LogP contribution in [0.15, 0.2) is 43.0 Å². The smallest absolute Gasteiger partial charge is 0.247 e. The number of benzene rings is 1. The summed E-state index contributed by atoms with van der Waals surface area (Å²) in [6.45, 7) is 3.94. The molecule has 0 saturated heterocycles. The van der Waals surface area contributed by atoms with Crippen LogP contribution >= 0.6 is 0 Å². The number of H-pyrrole nitrogens is 1. The summed E-state index contributed by atoms with van der Waals surface area (Å²) in [5, 5.41) is 30.5. The van der Waals surface area contributed by atoms with E-state index in [-0.39, 0.29) is 5.92 Å². The van der Waals surface area contributed by atoms with Crippen LogP contribution in [-0.2, 0) is 7.05 Å². The van der Waals surface area contributed by atoms with E-state index in [1.165, 1.54) is 0 Å². The van der Waals surface area contributed by atoms with Crippen molar-refractivity contribution in [2.75, 3.05) is 5.32 Å². The second kappa shape index (κ2) is 6.92. The van der Waals surface area contributed by atoms with Gasteiger partial charge in [0.15, 0.2) is 5.65 Å². The molecule has 0 aliphatic rings. The molecule has 0 spiro atoms. The van der Waals surface area contributed by atoms with Crippen molar-refractivity contribution in [2.24, 2.45) is 13.0 Å². The van der Waals surface area contributed by atoms with Crippen molar-refractivity contribution in [2.45, 2.75) is 20.0 Å².